The van der Waals surface area contributed by atoms with Gasteiger partial charge in [-0.3, -0.25) is 14.9 Å². The van der Waals surface area contributed by atoms with E-state index in [0.29, 0.717) is 29.5 Å². The van der Waals surface area contributed by atoms with Crippen LogP contribution in [-0.2, 0) is 6.42 Å². The van der Waals surface area contributed by atoms with E-state index in [1.807, 2.05) is 18.2 Å². The van der Waals surface area contributed by atoms with Gasteiger partial charge in [0.2, 0.25) is 0 Å². The number of nitro benzene ring substituents is 1. The first-order valence-corrected chi connectivity index (χ1v) is 8.79. The van der Waals surface area contributed by atoms with Crippen LogP contribution in [-0.4, -0.2) is 23.4 Å². The molecule has 1 aliphatic carbocycles. The summed E-state index contributed by atoms with van der Waals surface area (Å²) in [5.74, 6) is -0.238. The van der Waals surface area contributed by atoms with E-state index >= 15 is 0 Å². The Labute approximate surface area is 163 Å². The third-order valence-electron chi connectivity index (χ3n) is 4.91. The summed E-state index contributed by atoms with van der Waals surface area (Å²) in [6.45, 7) is 0.575. The third kappa shape index (κ3) is 3.68. The van der Waals surface area contributed by atoms with Gasteiger partial charge in [-0.2, -0.15) is 0 Å². The molecular formula is C19H21ClN4O3. The number of nitrogens with two attached hydrogens (primary N) is 1. The van der Waals surface area contributed by atoms with Crippen LogP contribution >= 0.6 is 12.4 Å². The number of amides is 1. The molecular weight excluding hydrogens is 368 g/mol. The highest BCUT2D eigenvalue weighted by Gasteiger charge is 2.28. The van der Waals surface area contributed by atoms with Crippen molar-refractivity contribution in [1.82, 2.24) is 0 Å². The molecule has 2 aromatic carbocycles. The van der Waals surface area contributed by atoms with Crippen molar-refractivity contribution in [3.8, 4) is 0 Å². The van der Waals surface area contributed by atoms with E-state index in [1.165, 1.54) is 6.07 Å². The summed E-state index contributed by atoms with van der Waals surface area (Å²) in [7, 11) is 0. The predicted molar refractivity (Wildman–Crippen MR) is 108 cm³/mol. The summed E-state index contributed by atoms with van der Waals surface area (Å²) < 4.78 is 0. The van der Waals surface area contributed by atoms with Gasteiger partial charge in [0.1, 0.15) is 5.69 Å². The summed E-state index contributed by atoms with van der Waals surface area (Å²) >= 11 is 0. The number of hydrogen-bond donors (Lipinski definition) is 2. The summed E-state index contributed by atoms with van der Waals surface area (Å²) in [5.41, 5.74) is 9.20. The van der Waals surface area contributed by atoms with E-state index in [1.54, 1.807) is 17.0 Å². The van der Waals surface area contributed by atoms with Gasteiger partial charge < -0.3 is 16.0 Å². The number of benzene rings is 2. The molecule has 4 rings (SSSR count). The first kappa shape index (κ1) is 19.0. The fourth-order valence-corrected chi connectivity index (χ4v) is 3.40. The molecule has 3 N–H and O–H groups in total. The molecule has 142 valence electrons. The standard InChI is InChI=1S/C19H20N4O3.ClH/c20-15-4-1-5-17-14(15)3-2-10-22(17)19(24)12-6-9-16(21-13-7-8-13)18(11-12)23(25)26;/h1,4-6,9,11,13,21H,2-3,7-8,10,20H2;1H. The van der Waals surface area contributed by atoms with Gasteiger partial charge in [-0.15, -0.1) is 12.4 Å². The first-order chi connectivity index (χ1) is 12.5. The lowest BCUT2D eigenvalue weighted by Crippen LogP contribution is -2.35. The van der Waals surface area contributed by atoms with Gasteiger partial charge in [0.15, 0.2) is 0 Å². The molecule has 2 aliphatic rings. The van der Waals surface area contributed by atoms with Crippen LogP contribution in [0.2, 0.25) is 0 Å². The maximum Gasteiger partial charge on any atom is 0.293 e. The molecule has 0 bridgehead atoms. The zero-order chi connectivity index (χ0) is 18.3. The zero-order valence-corrected chi connectivity index (χ0v) is 15.5. The second kappa shape index (κ2) is 7.44. The highest BCUT2D eigenvalue weighted by Crippen LogP contribution is 2.34. The Morgan fingerprint density at radius 3 is 2.74 bits per heavy atom. The molecule has 27 heavy (non-hydrogen) atoms. The number of nitro groups is 1. The van der Waals surface area contributed by atoms with E-state index in [9.17, 15) is 14.9 Å². The van der Waals surface area contributed by atoms with Crippen molar-refractivity contribution >= 4 is 41.1 Å². The van der Waals surface area contributed by atoms with Crippen LogP contribution in [0.15, 0.2) is 36.4 Å². The highest BCUT2D eigenvalue weighted by molar-refractivity contribution is 6.07. The fourth-order valence-electron chi connectivity index (χ4n) is 3.40. The van der Waals surface area contributed by atoms with Crippen molar-refractivity contribution in [1.29, 1.82) is 0 Å². The molecule has 1 fully saturated rings. The Kier molecular flexibility index (Phi) is 5.23. The molecule has 0 atom stereocenters. The van der Waals surface area contributed by atoms with Gasteiger partial charge in [0, 0.05) is 35.6 Å². The average Bonchev–Trinajstić information content (AvgIpc) is 3.45. The molecule has 1 saturated carbocycles. The maximum absolute atomic E-state index is 13.0. The topological polar surface area (TPSA) is 102 Å². The number of hydrogen-bond acceptors (Lipinski definition) is 5. The van der Waals surface area contributed by atoms with Gasteiger partial charge in [-0.1, -0.05) is 6.07 Å². The summed E-state index contributed by atoms with van der Waals surface area (Å²) in [4.78, 5) is 25.7. The number of halogens is 1. The van der Waals surface area contributed by atoms with Crippen LogP contribution in [0.3, 0.4) is 0 Å². The number of carbonyl (C=O) groups is 1. The lowest BCUT2D eigenvalue weighted by Gasteiger charge is -2.30. The summed E-state index contributed by atoms with van der Waals surface area (Å²) in [6, 6.07) is 10.5. The lowest BCUT2D eigenvalue weighted by molar-refractivity contribution is -0.384. The zero-order valence-electron chi connectivity index (χ0n) is 14.7. The number of nitrogens with zero attached hydrogens (tertiary/aromatic N) is 2. The molecule has 0 aromatic heterocycles. The Bertz CT molecular complexity index is 899. The van der Waals surface area contributed by atoms with Crippen molar-refractivity contribution in [2.75, 3.05) is 22.5 Å². The van der Waals surface area contributed by atoms with Crippen LogP contribution < -0.4 is 16.0 Å². The number of nitrogen functional groups attached to an aromatic ring is 1. The highest BCUT2D eigenvalue weighted by atomic mass is 35.5. The van der Waals surface area contributed by atoms with E-state index < -0.39 is 4.92 Å². The Morgan fingerprint density at radius 2 is 2.04 bits per heavy atom. The Morgan fingerprint density at radius 1 is 1.26 bits per heavy atom. The van der Waals surface area contributed by atoms with Gasteiger partial charge >= 0.3 is 0 Å². The number of carbonyl (C=O) groups excluding carboxylic acids is 1. The van der Waals surface area contributed by atoms with Crippen LogP contribution in [0.5, 0.6) is 0 Å². The average molecular weight is 389 g/mol. The van der Waals surface area contributed by atoms with Gasteiger partial charge in [0.05, 0.1) is 4.92 Å². The minimum atomic E-state index is -0.441. The van der Waals surface area contributed by atoms with Gasteiger partial charge in [-0.05, 0) is 55.5 Å². The van der Waals surface area contributed by atoms with Gasteiger partial charge in [-0.25, -0.2) is 0 Å². The SMILES string of the molecule is Cl.Nc1cccc2c1CCCN2C(=O)c1ccc(NC2CC2)c([N+](=O)[O-])c1. The van der Waals surface area contributed by atoms with Crippen LogP contribution in [0, 0.1) is 10.1 Å². The predicted octanol–water partition coefficient (Wildman–Crippen LogP) is 3.77. The normalized spacial score (nSPS) is 15.5. The Hall–Kier alpha value is -2.80. The summed E-state index contributed by atoms with van der Waals surface area (Å²) in [6.07, 6.45) is 3.68. The van der Waals surface area contributed by atoms with Crippen molar-refractivity contribution in [2.24, 2.45) is 0 Å². The van der Waals surface area contributed by atoms with E-state index in [4.69, 9.17) is 5.73 Å². The molecule has 1 aliphatic heterocycles. The van der Waals surface area contributed by atoms with E-state index in [-0.39, 0.29) is 24.0 Å². The molecule has 1 heterocycles. The number of nitrogens with one attached hydrogen (secondary N) is 1. The van der Waals surface area contributed by atoms with Crippen molar-refractivity contribution < 1.29 is 9.72 Å². The van der Waals surface area contributed by atoms with Crippen molar-refractivity contribution in [3.63, 3.8) is 0 Å². The number of rotatable bonds is 4. The van der Waals surface area contributed by atoms with Crippen LogP contribution in [0.25, 0.3) is 0 Å². The minimum Gasteiger partial charge on any atom is -0.398 e. The molecule has 7 nitrogen and oxygen atoms in total. The van der Waals surface area contributed by atoms with Gasteiger partial charge in [0.25, 0.3) is 11.6 Å². The van der Waals surface area contributed by atoms with Crippen LogP contribution in [0.4, 0.5) is 22.7 Å². The Balaban J connectivity index is 0.00000210. The quantitative estimate of drug-likeness (QED) is 0.471. The first-order valence-electron chi connectivity index (χ1n) is 8.79. The lowest BCUT2D eigenvalue weighted by atomic mass is 9.99. The molecule has 8 heteroatoms. The molecule has 0 unspecified atom stereocenters. The molecule has 0 saturated heterocycles. The third-order valence-corrected chi connectivity index (χ3v) is 4.91. The molecule has 1 amide bonds. The monoisotopic (exact) mass is 388 g/mol. The number of fused-ring (bicyclic) bond motifs is 1. The molecule has 0 radical (unpaired) electrons. The van der Waals surface area contributed by atoms with Crippen LogP contribution in [0.1, 0.15) is 35.2 Å². The van der Waals surface area contributed by atoms with E-state index in [0.717, 1.165) is 36.9 Å². The fraction of sp³-hybridized carbons (Fsp3) is 0.316. The van der Waals surface area contributed by atoms with Crippen molar-refractivity contribution in [3.05, 3.63) is 57.6 Å². The summed E-state index contributed by atoms with van der Waals surface area (Å²) in [5, 5.41) is 14.6. The second-order valence-corrected chi connectivity index (χ2v) is 6.81. The number of anilines is 3. The molecule has 0 spiro atoms. The van der Waals surface area contributed by atoms with E-state index in [2.05, 4.69) is 5.32 Å². The molecule has 2 aromatic rings. The smallest absolute Gasteiger partial charge is 0.293 e. The second-order valence-electron chi connectivity index (χ2n) is 6.81. The minimum absolute atomic E-state index is 0. The largest absolute Gasteiger partial charge is 0.398 e. The van der Waals surface area contributed by atoms with Crippen molar-refractivity contribution in [2.45, 2.75) is 31.7 Å². The maximum atomic E-state index is 13.0.